The molecule has 0 aromatic carbocycles. The predicted molar refractivity (Wildman–Crippen MR) is 77.8 cm³/mol. The van der Waals surface area contributed by atoms with E-state index in [-0.39, 0.29) is 11.8 Å². The topological polar surface area (TPSA) is 85.5 Å². The second-order valence-electron chi connectivity index (χ2n) is 5.42. The lowest BCUT2D eigenvalue weighted by molar-refractivity contribution is -0.130. The molecule has 0 aliphatic carbocycles. The van der Waals surface area contributed by atoms with Gasteiger partial charge in [0.05, 0.1) is 18.1 Å². The number of methoxy groups -OCH3 is 1. The minimum atomic E-state index is -0.603. The minimum absolute atomic E-state index is 0.121. The van der Waals surface area contributed by atoms with Crippen molar-refractivity contribution in [3.05, 3.63) is 23.9 Å². The molecule has 114 valence electrons. The summed E-state index contributed by atoms with van der Waals surface area (Å²) in [7, 11) is 1.52. The third kappa shape index (κ3) is 2.99. The molecule has 1 atom stereocenters. The number of hydrogen-bond acceptors (Lipinski definition) is 4. The van der Waals surface area contributed by atoms with Crippen molar-refractivity contribution in [2.45, 2.75) is 26.2 Å². The number of piperidine rings is 1. The van der Waals surface area contributed by atoms with Crippen LogP contribution in [0.3, 0.4) is 0 Å². The molecular weight excluding hydrogens is 270 g/mol. The van der Waals surface area contributed by atoms with Gasteiger partial charge in [-0.3, -0.25) is 9.59 Å². The molecule has 21 heavy (non-hydrogen) atoms. The van der Waals surface area contributed by atoms with Crippen LogP contribution in [0.25, 0.3) is 0 Å². The summed E-state index contributed by atoms with van der Waals surface area (Å²) >= 11 is 0. The van der Waals surface area contributed by atoms with Gasteiger partial charge in [-0.25, -0.2) is 4.98 Å². The molecule has 1 unspecified atom stereocenters. The number of hydrogen-bond donors (Lipinski definition) is 1. The van der Waals surface area contributed by atoms with Crippen LogP contribution in [0, 0.1) is 5.41 Å². The third-order valence-corrected chi connectivity index (χ3v) is 4.26. The molecule has 2 rings (SSSR count). The summed E-state index contributed by atoms with van der Waals surface area (Å²) in [5.74, 6) is 0.0181. The Kier molecular flexibility index (Phi) is 4.45. The maximum Gasteiger partial charge on any atom is 0.255 e. The van der Waals surface area contributed by atoms with Crippen molar-refractivity contribution in [3.8, 4) is 5.88 Å². The van der Waals surface area contributed by atoms with Gasteiger partial charge < -0.3 is 15.4 Å². The zero-order valence-corrected chi connectivity index (χ0v) is 12.5. The van der Waals surface area contributed by atoms with Gasteiger partial charge in [-0.1, -0.05) is 6.92 Å². The maximum absolute atomic E-state index is 12.5. The van der Waals surface area contributed by atoms with Crippen LogP contribution in [0.2, 0.25) is 0 Å². The van der Waals surface area contributed by atoms with E-state index in [1.165, 1.54) is 13.3 Å². The van der Waals surface area contributed by atoms with Crippen molar-refractivity contribution in [3.63, 3.8) is 0 Å². The molecule has 1 aromatic rings. The molecule has 2 N–H and O–H groups in total. The standard InChI is InChI=1S/C15H21N3O3/c1-3-15(14(16)20)7-4-8-18(10-15)13(19)11-5-6-12(21-2)17-9-11/h5-6,9H,3-4,7-8,10H2,1-2H3,(H2,16,20). The van der Waals surface area contributed by atoms with Crippen molar-refractivity contribution in [2.75, 3.05) is 20.2 Å². The van der Waals surface area contributed by atoms with Crippen LogP contribution in [0.15, 0.2) is 18.3 Å². The third-order valence-electron chi connectivity index (χ3n) is 4.26. The molecule has 1 aromatic heterocycles. The number of primary amides is 1. The predicted octanol–water partition coefficient (Wildman–Crippen LogP) is 1.21. The Morgan fingerprint density at radius 3 is 2.76 bits per heavy atom. The summed E-state index contributed by atoms with van der Waals surface area (Å²) in [6.07, 6.45) is 3.66. The number of nitrogens with two attached hydrogens (primary N) is 1. The first-order chi connectivity index (χ1) is 10.0. The average molecular weight is 291 g/mol. The molecule has 2 amide bonds. The van der Waals surface area contributed by atoms with Gasteiger partial charge in [0.1, 0.15) is 0 Å². The number of nitrogens with zero attached hydrogens (tertiary/aromatic N) is 2. The van der Waals surface area contributed by atoms with E-state index in [1.807, 2.05) is 6.92 Å². The van der Waals surface area contributed by atoms with Crippen LogP contribution in [-0.2, 0) is 4.79 Å². The molecule has 1 fully saturated rings. The maximum atomic E-state index is 12.5. The summed E-state index contributed by atoms with van der Waals surface area (Å²) in [5.41, 5.74) is 5.44. The van der Waals surface area contributed by atoms with E-state index in [0.717, 1.165) is 12.8 Å². The highest BCUT2D eigenvalue weighted by atomic mass is 16.5. The fourth-order valence-electron chi connectivity index (χ4n) is 2.78. The van der Waals surface area contributed by atoms with Crippen LogP contribution in [0.5, 0.6) is 5.88 Å². The normalized spacial score (nSPS) is 21.9. The summed E-state index contributed by atoms with van der Waals surface area (Å²) in [4.78, 5) is 30.0. The molecule has 0 radical (unpaired) electrons. The first-order valence-corrected chi connectivity index (χ1v) is 7.11. The first-order valence-electron chi connectivity index (χ1n) is 7.11. The number of carbonyl (C=O) groups excluding carboxylic acids is 2. The monoisotopic (exact) mass is 291 g/mol. The number of ether oxygens (including phenoxy) is 1. The summed E-state index contributed by atoms with van der Waals surface area (Å²) < 4.78 is 4.98. The van der Waals surface area contributed by atoms with E-state index in [1.54, 1.807) is 17.0 Å². The van der Waals surface area contributed by atoms with Gasteiger partial charge in [-0.15, -0.1) is 0 Å². The van der Waals surface area contributed by atoms with Crippen molar-refractivity contribution >= 4 is 11.8 Å². The van der Waals surface area contributed by atoms with Gasteiger partial charge in [-0.2, -0.15) is 0 Å². The number of aromatic nitrogens is 1. The van der Waals surface area contributed by atoms with Crippen LogP contribution < -0.4 is 10.5 Å². The number of amides is 2. The Hall–Kier alpha value is -2.11. The molecule has 0 spiro atoms. The first kappa shape index (κ1) is 15.3. The Morgan fingerprint density at radius 2 is 2.24 bits per heavy atom. The van der Waals surface area contributed by atoms with Crippen molar-refractivity contribution < 1.29 is 14.3 Å². The van der Waals surface area contributed by atoms with Crippen molar-refractivity contribution in [1.29, 1.82) is 0 Å². The number of pyridine rings is 1. The van der Waals surface area contributed by atoms with Crippen LogP contribution >= 0.6 is 0 Å². The quantitative estimate of drug-likeness (QED) is 0.903. The Bertz CT molecular complexity index is 529. The van der Waals surface area contributed by atoms with E-state index in [9.17, 15) is 9.59 Å². The highest BCUT2D eigenvalue weighted by Gasteiger charge is 2.40. The molecular formula is C15H21N3O3. The van der Waals surface area contributed by atoms with Gasteiger partial charge in [0, 0.05) is 25.4 Å². The second kappa shape index (κ2) is 6.11. The van der Waals surface area contributed by atoms with Gasteiger partial charge in [0.2, 0.25) is 11.8 Å². The summed E-state index contributed by atoms with van der Waals surface area (Å²) in [6.45, 7) is 2.96. The van der Waals surface area contributed by atoms with Gasteiger partial charge >= 0.3 is 0 Å². The fraction of sp³-hybridized carbons (Fsp3) is 0.533. The number of carbonyl (C=O) groups is 2. The van der Waals surface area contributed by atoms with Gasteiger partial charge in [0.15, 0.2) is 0 Å². The molecule has 0 saturated carbocycles. The SMILES string of the molecule is CCC1(C(N)=O)CCCN(C(=O)c2ccc(OC)nc2)C1. The highest BCUT2D eigenvalue weighted by Crippen LogP contribution is 2.33. The van der Waals surface area contributed by atoms with E-state index < -0.39 is 5.41 Å². The van der Waals surface area contributed by atoms with E-state index in [2.05, 4.69) is 4.98 Å². The number of rotatable bonds is 4. The van der Waals surface area contributed by atoms with Crippen LogP contribution in [0.1, 0.15) is 36.5 Å². The smallest absolute Gasteiger partial charge is 0.255 e. The fourth-order valence-corrected chi connectivity index (χ4v) is 2.78. The Balaban J connectivity index is 2.16. The zero-order chi connectivity index (χ0) is 15.5. The Labute approximate surface area is 124 Å². The molecule has 1 saturated heterocycles. The molecule has 2 heterocycles. The van der Waals surface area contributed by atoms with Crippen molar-refractivity contribution in [2.24, 2.45) is 11.1 Å². The Morgan fingerprint density at radius 1 is 1.48 bits per heavy atom. The summed E-state index contributed by atoms with van der Waals surface area (Å²) in [6, 6.07) is 3.33. The molecule has 6 heteroatoms. The van der Waals surface area contributed by atoms with Gasteiger partial charge in [0.25, 0.3) is 5.91 Å². The van der Waals surface area contributed by atoms with Crippen molar-refractivity contribution in [1.82, 2.24) is 9.88 Å². The lowest BCUT2D eigenvalue weighted by Gasteiger charge is -2.40. The van der Waals surface area contributed by atoms with E-state index in [0.29, 0.717) is 31.0 Å². The van der Waals surface area contributed by atoms with Crippen LogP contribution in [0.4, 0.5) is 0 Å². The van der Waals surface area contributed by atoms with E-state index >= 15 is 0 Å². The number of likely N-dealkylation sites (tertiary alicyclic amines) is 1. The lowest BCUT2D eigenvalue weighted by Crippen LogP contribution is -2.51. The molecule has 1 aliphatic heterocycles. The average Bonchev–Trinajstić information content (AvgIpc) is 2.54. The molecule has 6 nitrogen and oxygen atoms in total. The van der Waals surface area contributed by atoms with Crippen LogP contribution in [-0.4, -0.2) is 41.9 Å². The summed E-state index contributed by atoms with van der Waals surface area (Å²) in [5, 5.41) is 0. The van der Waals surface area contributed by atoms with Gasteiger partial charge in [-0.05, 0) is 25.3 Å². The second-order valence-corrected chi connectivity index (χ2v) is 5.42. The lowest BCUT2D eigenvalue weighted by atomic mass is 9.77. The molecule has 1 aliphatic rings. The minimum Gasteiger partial charge on any atom is -0.481 e. The zero-order valence-electron chi connectivity index (χ0n) is 12.5. The molecule has 0 bridgehead atoms. The largest absolute Gasteiger partial charge is 0.481 e. The highest BCUT2D eigenvalue weighted by molar-refractivity contribution is 5.94. The van der Waals surface area contributed by atoms with E-state index in [4.69, 9.17) is 10.5 Å².